The normalized spacial score (nSPS) is 10.2. The van der Waals surface area contributed by atoms with Gasteiger partial charge in [-0.25, -0.2) is 0 Å². The second-order valence-corrected chi connectivity index (χ2v) is 5.89. The van der Waals surface area contributed by atoms with E-state index in [-0.39, 0.29) is 5.91 Å². The first kappa shape index (κ1) is 15.4. The predicted molar refractivity (Wildman–Crippen MR) is 88.5 cm³/mol. The number of benzene rings is 2. The highest BCUT2D eigenvalue weighted by Gasteiger charge is 2.13. The molecule has 1 N–H and O–H groups in total. The quantitative estimate of drug-likeness (QED) is 0.833. The summed E-state index contributed by atoms with van der Waals surface area (Å²) in [6.07, 6.45) is 0. The van der Waals surface area contributed by atoms with Gasteiger partial charge >= 0.3 is 0 Å². The van der Waals surface area contributed by atoms with Crippen LogP contribution in [-0.4, -0.2) is 18.8 Å². The number of ether oxygens (including phenoxy) is 1. The van der Waals surface area contributed by atoms with Crippen LogP contribution < -0.4 is 10.1 Å². The Morgan fingerprint density at radius 3 is 2.71 bits per heavy atom. The smallest absolute Gasteiger partial charge is 0.256 e. The number of hydrogen-bond acceptors (Lipinski definition) is 3. The van der Waals surface area contributed by atoms with E-state index in [9.17, 15) is 4.79 Å². The number of carbonyl (C=O) groups is 1. The van der Waals surface area contributed by atoms with Crippen molar-refractivity contribution >= 4 is 23.4 Å². The van der Waals surface area contributed by atoms with Crippen LogP contribution in [0.3, 0.4) is 0 Å². The highest BCUT2D eigenvalue weighted by Crippen LogP contribution is 2.27. The lowest BCUT2D eigenvalue weighted by Gasteiger charge is -2.12. The van der Waals surface area contributed by atoms with Gasteiger partial charge in [-0.2, -0.15) is 0 Å². The van der Waals surface area contributed by atoms with Gasteiger partial charge in [0.15, 0.2) is 0 Å². The number of anilines is 1. The molecule has 4 heteroatoms. The van der Waals surface area contributed by atoms with E-state index in [2.05, 4.69) is 12.2 Å². The Hall–Kier alpha value is -1.94. The van der Waals surface area contributed by atoms with Crippen LogP contribution in [0.4, 0.5) is 5.69 Å². The van der Waals surface area contributed by atoms with Gasteiger partial charge in [-0.15, -0.1) is 11.8 Å². The lowest BCUT2D eigenvalue weighted by Crippen LogP contribution is -2.13. The topological polar surface area (TPSA) is 38.3 Å². The van der Waals surface area contributed by atoms with Gasteiger partial charge in [0.05, 0.1) is 18.4 Å². The molecule has 0 heterocycles. The van der Waals surface area contributed by atoms with Crippen molar-refractivity contribution < 1.29 is 9.53 Å². The Kier molecular flexibility index (Phi) is 5.28. The van der Waals surface area contributed by atoms with E-state index in [0.29, 0.717) is 17.0 Å². The van der Waals surface area contributed by atoms with E-state index in [1.165, 1.54) is 0 Å². The molecule has 0 fully saturated rings. The minimum atomic E-state index is -0.117. The fourth-order valence-corrected chi connectivity index (χ4v) is 2.83. The lowest BCUT2D eigenvalue weighted by molar-refractivity contribution is 0.102. The van der Waals surface area contributed by atoms with Crippen LogP contribution in [0, 0.1) is 6.92 Å². The summed E-state index contributed by atoms with van der Waals surface area (Å²) in [7, 11) is 1.60. The van der Waals surface area contributed by atoms with E-state index in [1.807, 2.05) is 49.4 Å². The van der Waals surface area contributed by atoms with E-state index < -0.39 is 0 Å². The molecule has 110 valence electrons. The summed E-state index contributed by atoms with van der Waals surface area (Å²) in [6.45, 7) is 4.06. The Morgan fingerprint density at radius 1 is 1.24 bits per heavy atom. The maximum atomic E-state index is 12.5. The minimum absolute atomic E-state index is 0.117. The van der Waals surface area contributed by atoms with Gasteiger partial charge in [0.1, 0.15) is 5.75 Å². The van der Waals surface area contributed by atoms with Crippen LogP contribution in [0.15, 0.2) is 47.4 Å². The van der Waals surface area contributed by atoms with Crippen LogP contribution in [0.1, 0.15) is 22.8 Å². The van der Waals surface area contributed by atoms with Crippen LogP contribution >= 0.6 is 11.8 Å². The van der Waals surface area contributed by atoms with Crippen LogP contribution in [-0.2, 0) is 0 Å². The maximum Gasteiger partial charge on any atom is 0.256 e. The van der Waals surface area contributed by atoms with Crippen molar-refractivity contribution in [1.82, 2.24) is 0 Å². The fraction of sp³-hybridized carbons (Fsp3) is 0.235. The Balaban J connectivity index is 2.26. The molecular formula is C17H19NO2S. The van der Waals surface area contributed by atoms with Gasteiger partial charge < -0.3 is 10.1 Å². The van der Waals surface area contributed by atoms with Gasteiger partial charge in [-0.3, -0.25) is 4.79 Å². The zero-order valence-corrected chi connectivity index (χ0v) is 13.3. The first-order valence-corrected chi connectivity index (χ1v) is 7.82. The minimum Gasteiger partial charge on any atom is -0.495 e. The van der Waals surface area contributed by atoms with Gasteiger partial charge in [-0.05, 0) is 42.5 Å². The first-order chi connectivity index (χ1) is 10.2. The molecule has 0 radical (unpaired) electrons. The second kappa shape index (κ2) is 7.18. The van der Waals surface area contributed by atoms with Gasteiger partial charge in [0.2, 0.25) is 0 Å². The molecule has 0 aliphatic rings. The summed E-state index contributed by atoms with van der Waals surface area (Å²) in [5.74, 6) is 1.48. The van der Waals surface area contributed by atoms with E-state index >= 15 is 0 Å². The summed E-state index contributed by atoms with van der Waals surface area (Å²) in [6, 6.07) is 13.3. The van der Waals surface area contributed by atoms with Crippen molar-refractivity contribution in [3.05, 3.63) is 53.6 Å². The molecule has 3 nitrogen and oxygen atoms in total. The van der Waals surface area contributed by atoms with Crippen molar-refractivity contribution in [3.63, 3.8) is 0 Å². The van der Waals surface area contributed by atoms with Crippen LogP contribution in [0.2, 0.25) is 0 Å². The number of aryl methyl sites for hydroxylation is 1. The van der Waals surface area contributed by atoms with E-state index in [1.54, 1.807) is 18.9 Å². The molecule has 0 unspecified atom stereocenters. The molecule has 21 heavy (non-hydrogen) atoms. The van der Waals surface area contributed by atoms with Crippen molar-refractivity contribution in [2.45, 2.75) is 18.7 Å². The Bertz CT molecular complexity index is 640. The maximum absolute atomic E-state index is 12.5. The van der Waals surface area contributed by atoms with Gasteiger partial charge in [0.25, 0.3) is 5.91 Å². The Labute approximate surface area is 129 Å². The van der Waals surface area contributed by atoms with Gasteiger partial charge in [-0.1, -0.05) is 25.1 Å². The van der Waals surface area contributed by atoms with Gasteiger partial charge in [0, 0.05) is 4.90 Å². The number of rotatable bonds is 5. The highest BCUT2D eigenvalue weighted by atomic mass is 32.2. The fourth-order valence-electron chi connectivity index (χ4n) is 2.03. The summed E-state index contributed by atoms with van der Waals surface area (Å²) < 4.78 is 5.32. The predicted octanol–water partition coefficient (Wildman–Crippen LogP) is 4.37. The summed E-state index contributed by atoms with van der Waals surface area (Å²) >= 11 is 1.66. The number of carbonyl (C=O) groups excluding carboxylic acids is 1. The van der Waals surface area contributed by atoms with Crippen molar-refractivity contribution in [1.29, 1.82) is 0 Å². The monoisotopic (exact) mass is 301 g/mol. The van der Waals surface area contributed by atoms with Crippen molar-refractivity contribution in [3.8, 4) is 5.75 Å². The molecule has 0 spiro atoms. The van der Waals surface area contributed by atoms with Crippen molar-refractivity contribution in [2.75, 3.05) is 18.2 Å². The number of thioether (sulfide) groups is 1. The molecule has 2 aromatic carbocycles. The zero-order valence-electron chi connectivity index (χ0n) is 12.5. The molecule has 0 saturated heterocycles. The lowest BCUT2D eigenvalue weighted by atomic mass is 10.1. The summed E-state index contributed by atoms with van der Waals surface area (Å²) in [5, 5.41) is 2.93. The third kappa shape index (κ3) is 3.79. The molecule has 0 atom stereocenters. The van der Waals surface area contributed by atoms with E-state index in [0.717, 1.165) is 16.2 Å². The molecule has 0 saturated carbocycles. The molecule has 0 aromatic heterocycles. The molecule has 0 aliphatic carbocycles. The average Bonchev–Trinajstić information content (AvgIpc) is 2.49. The van der Waals surface area contributed by atoms with Crippen molar-refractivity contribution in [2.24, 2.45) is 0 Å². The molecule has 0 aliphatic heterocycles. The second-order valence-electron chi connectivity index (χ2n) is 4.59. The molecular weight excluding hydrogens is 282 g/mol. The summed E-state index contributed by atoms with van der Waals surface area (Å²) in [4.78, 5) is 13.5. The SMILES string of the molecule is CCSc1ccccc1C(=O)Nc1ccc(C)cc1OC. The largest absolute Gasteiger partial charge is 0.495 e. The molecule has 0 bridgehead atoms. The zero-order chi connectivity index (χ0) is 15.2. The molecule has 2 aromatic rings. The standard InChI is InChI=1S/C17H19NO2S/c1-4-21-16-8-6-5-7-13(16)17(19)18-14-10-9-12(2)11-15(14)20-3/h5-11H,4H2,1-3H3,(H,18,19). The third-order valence-electron chi connectivity index (χ3n) is 3.04. The third-order valence-corrected chi connectivity index (χ3v) is 3.99. The van der Waals surface area contributed by atoms with Crippen LogP contribution in [0.5, 0.6) is 5.75 Å². The number of nitrogens with one attached hydrogen (secondary N) is 1. The molecule has 2 rings (SSSR count). The number of amides is 1. The molecule has 1 amide bonds. The number of hydrogen-bond donors (Lipinski definition) is 1. The van der Waals surface area contributed by atoms with Crippen LogP contribution in [0.25, 0.3) is 0 Å². The van der Waals surface area contributed by atoms with E-state index in [4.69, 9.17) is 4.74 Å². The number of methoxy groups -OCH3 is 1. The highest BCUT2D eigenvalue weighted by molar-refractivity contribution is 7.99. The summed E-state index contributed by atoms with van der Waals surface area (Å²) in [5.41, 5.74) is 2.46. The Morgan fingerprint density at radius 2 is 2.00 bits per heavy atom. The first-order valence-electron chi connectivity index (χ1n) is 6.83. The average molecular weight is 301 g/mol.